The summed E-state index contributed by atoms with van der Waals surface area (Å²) in [6, 6.07) is 13.5. The summed E-state index contributed by atoms with van der Waals surface area (Å²) in [6.45, 7) is 0. The number of benzene rings is 2. The number of rotatable bonds is 3. The van der Waals surface area contributed by atoms with Crippen molar-refractivity contribution in [1.29, 1.82) is 0 Å². The number of aryl methyl sites for hydroxylation is 1. The van der Waals surface area contributed by atoms with Gasteiger partial charge >= 0.3 is 0 Å². The zero-order chi connectivity index (χ0) is 15.0. The first kappa shape index (κ1) is 14.4. The number of nitrogens with zero attached hydrogens (tertiary/aromatic N) is 2. The molecule has 0 saturated carbocycles. The van der Waals surface area contributed by atoms with E-state index in [1.807, 2.05) is 48.1 Å². The summed E-state index contributed by atoms with van der Waals surface area (Å²) >= 11 is 12.0. The molecule has 1 atom stereocenters. The third-order valence-corrected chi connectivity index (χ3v) is 4.32. The number of nitrogens with two attached hydrogens (primary N) is 1. The summed E-state index contributed by atoms with van der Waals surface area (Å²) in [6.07, 6.45) is 0.665. The maximum Gasteiger partial charge on any atom is 0.0873 e. The van der Waals surface area contributed by atoms with Gasteiger partial charge in [-0.15, -0.1) is 0 Å². The second-order valence-corrected chi connectivity index (χ2v) is 5.90. The molecule has 21 heavy (non-hydrogen) atoms. The zero-order valence-electron chi connectivity index (χ0n) is 11.6. The topological polar surface area (TPSA) is 43.8 Å². The van der Waals surface area contributed by atoms with Crippen LogP contribution in [0, 0.1) is 0 Å². The molecule has 1 aromatic heterocycles. The van der Waals surface area contributed by atoms with E-state index in [9.17, 15) is 0 Å². The van der Waals surface area contributed by atoms with Gasteiger partial charge in [0.1, 0.15) is 0 Å². The lowest BCUT2D eigenvalue weighted by Crippen LogP contribution is -2.14. The minimum Gasteiger partial charge on any atom is -0.322 e. The van der Waals surface area contributed by atoms with Crippen molar-refractivity contribution in [2.24, 2.45) is 12.8 Å². The molecular weight excluding hydrogens is 305 g/mol. The molecule has 1 heterocycles. The summed E-state index contributed by atoms with van der Waals surface area (Å²) in [7, 11) is 1.93. The molecule has 5 heteroatoms. The molecule has 0 bridgehead atoms. The lowest BCUT2D eigenvalue weighted by molar-refractivity contribution is 0.665. The number of hydrogen-bond acceptors (Lipinski definition) is 2. The van der Waals surface area contributed by atoms with Gasteiger partial charge in [-0.25, -0.2) is 0 Å². The van der Waals surface area contributed by atoms with E-state index >= 15 is 0 Å². The predicted octanol–water partition coefficient (Wildman–Crippen LogP) is 4.12. The van der Waals surface area contributed by atoms with Crippen LogP contribution in [0.3, 0.4) is 0 Å². The van der Waals surface area contributed by atoms with Gasteiger partial charge in [-0.05, 0) is 30.2 Å². The second-order valence-electron chi connectivity index (χ2n) is 5.09. The van der Waals surface area contributed by atoms with Crippen molar-refractivity contribution < 1.29 is 0 Å². The minimum absolute atomic E-state index is 0.187. The molecule has 1 unspecified atom stereocenters. The van der Waals surface area contributed by atoms with E-state index in [1.54, 1.807) is 6.07 Å². The summed E-state index contributed by atoms with van der Waals surface area (Å²) in [5.41, 5.74) is 9.37. The summed E-state index contributed by atoms with van der Waals surface area (Å²) in [5.74, 6) is 0. The molecule has 0 spiro atoms. The molecule has 0 aliphatic carbocycles. The van der Waals surface area contributed by atoms with Crippen LogP contribution >= 0.6 is 23.2 Å². The van der Waals surface area contributed by atoms with Crippen LogP contribution in [0.15, 0.2) is 42.5 Å². The standard InChI is InChI=1S/C16H15Cl2N3/c1-21-15-5-3-2-4-11(15)16(20-21)14(19)9-10-6-7-12(17)13(18)8-10/h2-8,14H,9,19H2,1H3. The maximum absolute atomic E-state index is 6.34. The average molecular weight is 320 g/mol. The first-order valence-electron chi connectivity index (χ1n) is 6.67. The van der Waals surface area contributed by atoms with Crippen molar-refractivity contribution in [3.8, 4) is 0 Å². The van der Waals surface area contributed by atoms with Crippen molar-refractivity contribution in [2.75, 3.05) is 0 Å². The van der Waals surface area contributed by atoms with Crippen LogP contribution in [0.2, 0.25) is 10.0 Å². The fourth-order valence-electron chi connectivity index (χ4n) is 2.53. The van der Waals surface area contributed by atoms with Crippen molar-refractivity contribution in [3.63, 3.8) is 0 Å². The monoisotopic (exact) mass is 319 g/mol. The van der Waals surface area contributed by atoms with Crippen molar-refractivity contribution in [1.82, 2.24) is 9.78 Å². The molecule has 2 aromatic carbocycles. The van der Waals surface area contributed by atoms with Crippen LogP contribution in [0.1, 0.15) is 17.3 Å². The molecule has 0 aliphatic heterocycles. The lowest BCUT2D eigenvalue weighted by atomic mass is 10.0. The van der Waals surface area contributed by atoms with Gasteiger partial charge in [0, 0.05) is 12.4 Å². The Bertz CT molecular complexity index is 795. The van der Waals surface area contributed by atoms with Gasteiger partial charge in [-0.2, -0.15) is 5.10 Å². The van der Waals surface area contributed by atoms with Gasteiger partial charge in [0.2, 0.25) is 0 Å². The highest BCUT2D eigenvalue weighted by Gasteiger charge is 2.16. The van der Waals surface area contributed by atoms with Gasteiger partial charge in [-0.3, -0.25) is 4.68 Å². The first-order chi connectivity index (χ1) is 10.1. The third-order valence-electron chi connectivity index (χ3n) is 3.58. The quantitative estimate of drug-likeness (QED) is 0.789. The van der Waals surface area contributed by atoms with Crippen LogP contribution in [0.25, 0.3) is 10.9 Å². The van der Waals surface area contributed by atoms with Crippen LogP contribution in [-0.4, -0.2) is 9.78 Å². The fourth-order valence-corrected chi connectivity index (χ4v) is 2.85. The Kier molecular flexibility index (Phi) is 3.89. The van der Waals surface area contributed by atoms with Crippen molar-refractivity contribution >= 4 is 34.1 Å². The molecule has 3 aromatic rings. The Hall–Kier alpha value is -1.55. The Balaban J connectivity index is 1.93. The molecular formula is C16H15Cl2N3. The van der Waals surface area contributed by atoms with E-state index < -0.39 is 0 Å². The van der Waals surface area contributed by atoms with Crippen molar-refractivity contribution in [3.05, 3.63) is 63.8 Å². The molecule has 3 nitrogen and oxygen atoms in total. The van der Waals surface area contributed by atoms with E-state index in [2.05, 4.69) is 5.10 Å². The Morgan fingerprint density at radius 2 is 1.90 bits per heavy atom. The van der Waals surface area contributed by atoms with Gasteiger partial charge in [0.05, 0.1) is 27.3 Å². The van der Waals surface area contributed by atoms with E-state index in [0.29, 0.717) is 16.5 Å². The van der Waals surface area contributed by atoms with Gasteiger partial charge < -0.3 is 5.73 Å². The average Bonchev–Trinajstić information content (AvgIpc) is 2.81. The molecule has 108 valence electrons. The van der Waals surface area contributed by atoms with E-state index in [-0.39, 0.29) is 6.04 Å². The fraction of sp³-hybridized carbons (Fsp3) is 0.188. The summed E-state index contributed by atoms with van der Waals surface area (Å²) in [5, 5.41) is 6.75. The SMILES string of the molecule is Cn1nc(C(N)Cc2ccc(Cl)c(Cl)c2)c2ccccc21. The third kappa shape index (κ3) is 2.77. The molecule has 2 N–H and O–H groups in total. The van der Waals surface area contributed by atoms with E-state index in [4.69, 9.17) is 28.9 Å². The minimum atomic E-state index is -0.187. The molecule has 0 radical (unpaired) electrons. The van der Waals surface area contributed by atoms with E-state index in [1.165, 1.54) is 0 Å². The van der Waals surface area contributed by atoms with Crippen LogP contribution < -0.4 is 5.73 Å². The number of fused-ring (bicyclic) bond motifs is 1. The molecule has 0 fully saturated rings. The number of aromatic nitrogens is 2. The Labute approximate surface area is 133 Å². The Morgan fingerprint density at radius 3 is 2.67 bits per heavy atom. The van der Waals surface area contributed by atoms with Crippen LogP contribution in [-0.2, 0) is 13.5 Å². The van der Waals surface area contributed by atoms with Gasteiger partial charge in [-0.1, -0.05) is 47.5 Å². The molecule has 0 saturated heterocycles. The lowest BCUT2D eigenvalue weighted by Gasteiger charge is -2.10. The number of halogens is 2. The van der Waals surface area contributed by atoms with Gasteiger partial charge in [0.15, 0.2) is 0 Å². The van der Waals surface area contributed by atoms with Gasteiger partial charge in [0.25, 0.3) is 0 Å². The molecule has 0 amide bonds. The summed E-state index contributed by atoms with van der Waals surface area (Å²) in [4.78, 5) is 0. The van der Waals surface area contributed by atoms with Crippen molar-refractivity contribution in [2.45, 2.75) is 12.5 Å². The highest BCUT2D eigenvalue weighted by atomic mass is 35.5. The largest absolute Gasteiger partial charge is 0.322 e. The van der Waals surface area contributed by atoms with E-state index in [0.717, 1.165) is 22.2 Å². The zero-order valence-corrected chi connectivity index (χ0v) is 13.1. The predicted molar refractivity (Wildman–Crippen MR) is 87.8 cm³/mol. The van der Waals surface area contributed by atoms with Crippen LogP contribution in [0.5, 0.6) is 0 Å². The normalized spacial score (nSPS) is 12.8. The Morgan fingerprint density at radius 1 is 1.14 bits per heavy atom. The molecule has 0 aliphatic rings. The summed E-state index contributed by atoms with van der Waals surface area (Å²) < 4.78 is 1.86. The highest BCUT2D eigenvalue weighted by Crippen LogP contribution is 2.27. The first-order valence-corrected chi connectivity index (χ1v) is 7.43. The second kappa shape index (κ2) is 5.68. The highest BCUT2D eigenvalue weighted by molar-refractivity contribution is 6.42. The maximum atomic E-state index is 6.34. The number of para-hydroxylation sites is 1. The molecule has 3 rings (SSSR count). The number of hydrogen-bond donors (Lipinski definition) is 1. The smallest absolute Gasteiger partial charge is 0.0873 e. The van der Waals surface area contributed by atoms with Crippen LogP contribution in [0.4, 0.5) is 0 Å².